The van der Waals surface area contributed by atoms with E-state index in [0.29, 0.717) is 25.3 Å². The molecule has 7 heteroatoms. The van der Waals surface area contributed by atoms with Crippen LogP contribution in [0, 0.1) is 6.92 Å². The van der Waals surface area contributed by atoms with Crippen LogP contribution in [0.3, 0.4) is 0 Å². The molecule has 0 spiro atoms. The van der Waals surface area contributed by atoms with E-state index in [2.05, 4.69) is 33.9 Å². The van der Waals surface area contributed by atoms with E-state index in [9.17, 15) is 4.79 Å². The lowest BCUT2D eigenvalue weighted by molar-refractivity contribution is -0.0349. The molecular formula is C26H25N5O2. The molecule has 2 aromatic carbocycles. The number of carbonyl (C=O) groups excluding carboxylic acids is 1. The van der Waals surface area contributed by atoms with Crippen molar-refractivity contribution in [3.8, 4) is 11.4 Å². The first-order valence-electron chi connectivity index (χ1n) is 11.0. The molecule has 1 atom stereocenters. The maximum Gasteiger partial charge on any atom is 0.249 e. The fourth-order valence-corrected chi connectivity index (χ4v) is 4.14. The van der Waals surface area contributed by atoms with Gasteiger partial charge in [-0.3, -0.25) is 9.69 Å². The Hall–Kier alpha value is -3.68. The highest BCUT2D eigenvalue weighted by Crippen LogP contribution is 2.26. The van der Waals surface area contributed by atoms with E-state index in [-0.39, 0.29) is 6.10 Å². The number of hydrogen-bond donors (Lipinski definition) is 1. The van der Waals surface area contributed by atoms with Gasteiger partial charge in [-0.25, -0.2) is 15.0 Å². The zero-order valence-electron chi connectivity index (χ0n) is 18.4. The highest BCUT2D eigenvalue weighted by Gasteiger charge is 2.25. The quantitative estimate of drug-likeness (QED) is 0.510. The summed E-state index contributed by atoms with van der Waals surface area (Å²) in [5.41, 5.74) is 10.8. The van der Waals surface area contributed by atoms with Crippen LogP contribution in [-0.2, 0) is 11.3 Å². The number of primary amides is 1. The van der Waals surface area contributed by atoms with Gasteiger partial charge in [0.1, 0.15) is 6.10 Å². The Balaban J connectivity index is 1.32. The number of rotatable bonds is 5. The van der Waals surface area contributed by atoms with Crippen LogP contribution in [0.1, 0.15) is 33.3 Å². The Labute approximate surface area is 192 Å². The summed E-state index contributed by atoms with van der Waals surface area (Å²) in [6.45, 7) is 4.80. The van der Waals surface area contributed by atoms with E-state index < -0.39 is 5.91 Å². The molecule has 1 saturated heterocycles. The van der Waals surface area contributed by atoms with Crippen LogP contribution in [0.2, 0.25) is 0 Å². The van der Waals surface area contributed by atoms with E-state index in [1.54, 1.807) is 6.07 Å². The molecule has 33 heavy (non-hydrogen) atoms. The molecule has 4 aromatic rings. The van der Waals surface area contributed by atoms with Crippen molar-refractivity contribution in [2.75, 3.05) is 19.7 Å². The maximum atomic E-state index is 12.0. The number of benzene rings is 2. The Kier molecular flexibility index (Phi) is 5.81. The van der Waals surface area contributed by atoms with E-state index in [4.69, 9.17) is 15.5 Å². The van der Waals surface area contributed by atoms with Gasteiger partial charge in [0.25, 0.3) is 0 Å². The van der Waals surface area contributed by atoms with Crippen molar-refractivity contribution in [2.24, 2.45) is 5.73 Å². The summed E-state index contributed by atoms with van der Waals surface area (Å²) >= 11 is 0. The van der Waals surface area contributed by atoms with Crippen LogP contribution in [0.4, 0.5) is 0 Å². The van der Waals surface area contributed by atoms with E-state index >= 15 is 0 Å². The third kappa shape index (κ3) is 4.60. The van der Waals surface area contributed by atoms with Gasteiger partial charge >= 0.3 is 0 Å². The maximum absolute atomic E-state index is 12.0. The van der Waals surface area contributed by atoms with Crippen LogP contribution in [0.15, 0.2) is 67.0 Å². The van der Waals surface area contributed by atoms with Crippen molar-refractivity contribution < 1.29 is 9.53 Å². The zero-order valence-corrected chi connectivity index (χ0v) is 18.4. The van der Waals surface area contributed by atoms with Crippen molar-refractivity contribution in [3.05, 3.63) is 89.4 Å². The molecule has 1 aliphatic rings. The molecule has 1 fully saturated rings. The minimum atomic E-state index is -0.465. The molecule has 166 valence electrons. The lowest BCUT2D eigenvalue weighted by Crippen LogP contribution is -2.38. The smallest absolute Gasteiger partial charge is 0.249 e. The summed E-state index contributed by atoms with van der Waals surface area (Å²) in [6, 6.07) is 17.5. The third-order valence-corrected chi connectivity index (χ3v) is 5.90. The van der Waals surface area contributed by atoms with Gasteiger partial charge in [0, 0.05) is 48.5 Å². The van der Waals surface area contributed by atoms with Crippen LogP contribution in [0.25, 0.3) is 22.3 Å². The first-order valence-corrected chi connectivity index (χ1v) is 11.0. The molecular weight excluding hydrogens is 414 g/mol. The van der Waals surface area contributed by atoms with Crippen molar-refractivity contribution >= 4 is 16.8 Å². The standard InChI is InChI=1S/C26H25N5O2/c1-17-6-8-19(9-7-17)26-28-13-18(14-29-26)15-31-10-11-33-24(16-31)23-12-21(25(27)32)20-4-2-3-5-22(20)30-23/h2-9,12-14,24H,10-11,15-16H2,1H3,(H2,27,32). The predicted octanol–water partition coefficient (Wildman–Crippen LogP) is 3.67. The first kappa shape index (κ1) is 21.2. The van der Waals surface area contributed by atoms with Crippen molar-refractivity contribution in [1.29, 1.82) is 0 Å². The minimum Gasteiger partial charge on any atom is -0.369 e. The average Bonchev–Trinajstić information content (AvgIpc) is 2.84. The number of nitrogens with zero attached hydrogens (tertiary/aromatic N) is 4. The summed E-state index contributed by atoms with van der Waals surface area (Å²) in [5, 5.41) is 0.757. The topological polar surface area (TPSA) is 94.2 Å². The molecule has 2 N–H and O–H groups in total. The Morgan fingerprint density at radius 3 is 2.64 bits per heavy atom. The average molecular weight is 440 g/mol. The Bertz CT molecular complexity index is 1290. The fraction of sp³-hybridized carbons (Fsp3) is 0.231. The summed E-state index contributed by atoms with van der Waals surface area (Å²) < 4.78 is 6.01. The van der Waals surface area contributed by atoms with Gasteiger partial charge in [0.15, 0.2) is 5.82 Å². The molecule has 1 unspecified atom stereocenters. The first-order chi connectivity index (χ1) is 16.1. The molecule has 5 rings (SSSR count). The van der Waals surface area contributed by atoms with Gasteiger partial charge in [-0.2, -0.15) is 0 Å². The summed E-state index contributed by atoms with van der Waals surface area (Å²) in [5.74, 6) is 0.256. The normalized spacial score (nSPS) is 16.7. The second-order valence-corrected chi connectivity index (χ2v) is 8.35. The van der Waals surface area contributed by atoms with Gasteiger partial charge in [-0.05, 0) is 19.1 Å². The van der Waals surface area contributed by atoms with Gasteiger partial charge < -0.3 is 10.5 Å². The SMILES string of the molecule is Cc1ccc(-c2ncc(CN3CCOC(c4cc(C(N)=O)c5ccccc5n4)C3)cn2)cc1. The molecule has 7 nitrogen and oxygen atoms in total. The van der Waals surface area contributed by atoms with E-state index in [1.807, 2.05) is 48.8 Å². The van der Waals surface area contributed by atoms with Crippen LogP contribution in [-0.4, -0.2) is 45.5 Å². The highest BCUT2D eigenvalue weighted by atomic mass is 16.5. The minimum absolute atomic E-state index is 0.241. The van der Waals surface area contributed by atoms with Gasteiger partial charge in [0.05, 0.1) is 23.4 Å². The van der Waals surface area contributed by atoms with E-state index in [1.165, 1.54) is 5.56 Å². The molecule has 3 heterocycles. The third-order valence-electron chi connectivity index (χ3n) is 5.90. The second kappa shape index (κ2) is 9.05. The molecule has 0 bridgehead atoms. The number of fused-ring (bicyclic) bond motifs is 1. The van der Waals surface area contributed by atoms with Gasteiger partial charge in [-0.1, -0.05) is 48.0 Å². The number of hydrogen-bond acceptors (Lipinski definition) is 6. The summed E-state index contributed by atoms with van der Waals surface area (Å²) in [4.78, 5) is 28.2. The summed E-state index contributed by atoms with van der Waals surface area (Å²) in [7, 11) is 0. The second-order valence-electron chi connectivity index (χ2n) is 8.35. The van der Waals surface area contributed by atoms with Gasteiger partial charge in [-0.15, -0.1) is 0 Å². The molecule has 0 aliphatic carbocycles. The lowest BCUT2D eigenvalue weighted by atomic mass is 10.0. The van der Waals surface area contributed by atoms with Crippen molar-refractivity contribution in [1.82, 2.24) is 19.9 Å². The number of aromatic nitrogens is 3. The zero-order chi connectivity index (χ0) is 22.8. The van der Waals surface area contributed by atoms with Gasteiger partial charge in [0.2, 0.25) is 5.91 Å². The Morgan fingerprint density at radius 2 is 1.88 bits per heavy atom. The van der Waals surface area contributed by atoms with Crippen molar-refractivity contribution in [3.63, 3.8) is 0 Å². The van der Waals surface area contributed by atoms with Crippen molar-refractivity contribution in [2.45, 2.75) is 19.6 Å². The summed E-state index contributed by atoms with van der Waals surface area (Å²) in [6.07, 6.45) is 3.52. The number of pyridine rings is 1. The molecule has 0 saturated carbocycles. The number of aryl methyl sites for hydroxylation is 1. The largest absolute Gasteiger partial charge is 0.369 e. The molecule has 1 amide bonds. The number of amides is 1. The Morgan fingerprint density at radius 1 is 1.12 bits per heavy atom. The number of nitrogens with two attached hydrogens (primary N) is 1. The molecule has 0 radical (unpaired) electrons. The highest BCUT2D eigenvalue weighted by molar-refractivity contribution is 6.05. The number of carbonyl (C=O) groups is 1. The number of morpholine rings is 1. The number of para-hydroxylation sites is 1. The van der Waals surface area contributed by atoms with E-state index in [0.717, 1.165) is 40.1 Å². The molecule has 2 aromatic heterocycles. The number of ether oxygens (including phenoxy) is 1. The molecule has 1 aliphatic heterocycles. The lowest BCUT2D eigenvalue weighted by Gasteiger charge is -2.32. The predicted molar refractivity (Wildman–Crippen MR) is 126 cm³/mol. The fourth-order valence-electron chi connectivity index (χ4n) is 4.14. The monoisotopic (exact) mass is 439 g/mol. The van der Waals surface area contributed by atoms with Crippen LogP contribution < -0.4 is 5.73 Å². The van der Waals surface area contributed by atoms with Crippen LogP contribution >= 0.6 is 0 Å². The van der Waals surface area contributed by atoms with Crippen LogP contribution in [0.5, 0.6) is 0 Å².